The Morgan fingerprint density at radius 2 is 1.49 bits per heavy atom. The highest BCUT2D eigenvalue weighted by atomic mass is 32.2. The van der Waals surface area contributed by atoms with Crippen molar-refractivity contribution in [3.8, 4) is 6.07 Å². The third-order valence-electron chi connectivity index (χ3n) is 5.21. The summed E-state index contributed by atoms with van der Waals surface area (Å²) in [6.45, 7) is -0.460. The number of ether oxygens (including phenoxy) is 1. The first-order valence-electron chi connectivity index (χ1n) is 11.8. The normalized spacial score (nSPS) is 10.2. The van der Waals surface area contributed by atoms with Crippen molar-refractivity contribution in [2.24, 2.45) is 0 Å². The van der Waals surface area contributed by atoms with Crippen molar-refractivity contribution < 1.29 is 19.1 Å². The summed E-state index contributed by atoms with van der Waals surface area (Å²) < 4.78 is 5.29. The standard InChI is InChI=1S/C30H23N3O4S2/c31-18-21-9-8-10-22(17-21)32-29(35)20-38-26-15-6-4-13-24(26)30(36)37-19-28(34)33-25-14-5-7-16-27(25)39-23-11-2-1-3-12-23/h1-17H,19-20H2,(H,32,35)(H,33,34). The predicted molar refractivity (Wildman–Crippen MR) is 153 cm³/mol. The molecule has 2 amide bonds. The number of amides is 2. The molecule has 0 unspecified atom stereocenters. The van der Waals surface area contributed by atoms with E-state index in [1.165, 1.54) is 23.5 Å². The summed E-state index contributed by atoms with van der Waals surface area (Å²) in [7, 11) is 0. The van der Waals surface area contributed by atoms with Gasteiger partial charge in [0.25, 0.3) is 5.91 Å². The van der Waals surface area contributed by atoms with E-state index in [0.29, 0.717) is 21.8 Å². The molecule has 4 rings (SSSR count). The lowest BCUT2D eigenvalue weighted by atomic mass is 10.2. The van der Waals surface area contributed by atoms with Crippen molar-refractivity contribution in [2.45, 2.75) is 14.7 Å². The van der Waals surface area contributed by atoms with Crippen LogP contribution in [0.15, 0.2) is 118 Å². The molecule has 0 spiro atoms. The Kier molecular flexibility index (Phi) is 9.78. The van der Waals surface area contributed by atoms with E-state index in [2.05, 4.69) is 10.6 Å². The summed E-state index contributed by atoms with van der Waals surface area (Å²) in [6.07, 6.45) is 0. The van der Waals surface area contributed by atoms with Crippen LogP contribution >= 0.6 is 23.5 Å². The van der Waals surface area contributed by atoms with Gasteiger partial charge < -0.3 is 15.4 Å². The van der Waals surface area contributed by atoms with Crippen LogP contribution in [0.2, 0.25) is 0 Å². The van der Waals surface area contributed by atoms with Crippen molar-refractivity contribution in [3.05, 3.63) is 114 Å². The van der Waals surface area contributed by atoms with E-state index in [0.717, 1.165) is 9.79 Å². The number of benzene rings is 4. The van der Waals surface area contributed by atoms with E-state index in [1.807, 2.05) is 54.6 Å². The summed E-state index contributed by atoms with van der Waals surface area (Å²) in [5.41, 5.74) is 1.84. The third-order valence-corrected chi connectivity index (χ3v) is 7.36. The molecule has 4 aromatic rings. The van der Waals surface area contributed by atoms with E-state index in [1.54, 1.807) is 54.6 Å². The fraction of sp³-hybridized carbons (Fsp3) is 0.0667. The van der Waals surface area contributed by atoms with Gasteiger partial charge in [-0.25, -0.2) is 4.79 Å². The molecule has 0 bridgehead atoms. The number of nitriles is 1. The van der Waals surface area contributed by atoms with Crippen LogP contribution in [0.5, 0.6) is 0 Å². The lowest BCUT2D eigenvalue weighted by Gasteiger charge is -2.12. The highest BCUT2D eigenvalue weighted by Gasteiger charge is 2.16. The van der Waals surface area contributed by atoms with Crippen molar-refractivity contribution >= 4 is 52.7 Å². The van der Waals surface area contributed by atoms with Gasteiger partial charge in [-0.3, -0.25) is 9.59 Å². The zero-order chi connectivity index (χ0) is 27.5. The van der Waals surface area contributed by atoms with Crippen molar-refractivity contribution in [1.29, 1.82) is 5.26 Å². The first kappa shape index (κ1) is 27.5. The lowest BCUT2D eigenvalue weighted by molar-refractivity contribution is -0.119. The molecule has 4 aromatic carbocycles. The van der Waals surface area contributed by atoms with Gasteiger partial charge in [0.05, 0.1) is 28.6 Å². The molecule has 0 aliphatic carbocycles. The van der Waals surface area contributed by atoms with Gasteiger partial charge in [-0.1, -0.05) is 60.3 Å². The highest BCUT2D eigenvalue weighted by molar-refractivity contribution is 8.00. The third kappa shape index (κ3) is 8.23. The average Bonchev–Trinajstić information content (AvgIpc) is 2.96. The van der Waals surface area contributed by atoms with E-state index in [9.17, 15) is 14.4 Å². The Hall–Kier alpha value is -4.52. The van der Waals surface area contributed by atoms with E-state index >= 15 is 0 Å². The maximum Gasteiger partial charge on any atom is 0.339 e. The van der Waals surface area contributed by atoms with Gasteiger partial charge in [-0.05, 0) is 54.6 Å². The summed E-state index contributed by atoms with van der Waals surface area (Å²) in [5, 5.41) is 14.6. The van der Waals surface area contributed by atoms with Gasteiger partial charge in [0.15, 0.2) is 6.61 Å². The molecule has 0 aromatic heterocycles. The Bertz CT molecular complexity index is 1520. The van der Waals surface area contributed by atoms with Crippen LogP contribution in [0.3, 0.4) is 0 Å². The van der Waals surface area contributed by atoms with Gasteiger partial charge in [0.2, 0.25) is 5.91 Å². The summed E-state index contributed by atoms with van der Waals surface area (Å²) >= 11 is 2.69. The summed E-state index contributed by atoms with van der Waals surface area (Å²) in [5.74, 6) is -1.38. The molecule has 0 aliphatic heterocycles. The maximum atomic E-state index is 12.8. The number of anilines is 2. The average molecular weight is 554 g/mol. The number of nitrogens with one attached hydrogen (secondary N) is 2. The molecule has 0 heterocycles. The Morgan fingerprint density at radius 3 is 2.28 bits per heavy atom. The number of hydrogen-bond acceptors (Lipinski definition) is 7. The zero-order valence-electron chi connectivity index (χ0n) is 20.6. The Morgan fingerprint density at radius 1 is 0.769 bits per heavy atom. The minimum absolute atomic E-state index is 0.0391. The molecule has 7 nitrogen and oxygen atoms in total. The van der Waals surface area contributed by atoms with E-state index in [4.69, 9.17) is 10.00 Å². The van der Waals surface area contributed by atoms with Crippen LogP contribution in [0.4, 0.5) is 11.4 Å². The fourth-order valence-corrected chi connectivity index (χ4v) is 5.20. The zero-order valence-corrected chi connectivity index (χ0v) is 22.3. The molecule has 0 aliphatic rings. The summed E-state index contributed by atoms with van der Waals surface area (Å²) in [6, 6.07) is 32.6. The molecule has 39 heavy (non-hydrogen) atoms. The van der Waals surface area contributed by atoms with E-state index in [-0.39, 0.29) is 17.2 Å². The van der Waals surface area contributed by atoms with Crippen LogP contribution in [-0.4, -0.2) is 30.1 Å². The molecule has 0 saturated heterocycles. The molecular weight excluding hydrogens is 530 g/mol. The van der Waals surface area contributed by atoms with Crippen molar-refractivity contribution in [2.75, 3.05) is 23.0 Å². The second-order valence-corrected chi connectivity index (χ2v) is 10.2. The smallest absolute Gasteiger partial charge is 0.339 e. The largest absolute Gasteiger partial charge is 0.452 e. The number of esters is 1. The molecule has 9 heteroatoms. The molecule has 0 fully saturated rings. The monoisotopic (exact) mass is 553 g/mol. The maximum absolute atomic E-state index is 12.8. The second-order valence-electron chi connectivity index (χ2n) is 8.06. The van der Waals surface area contributed by atoms with E-state index < -0.39 is 18.5 Å². The first-order valence-corrected chi connectivity index (χ1v) is 13.6. The van der Waals surface area contributed by atoms with Crippen LogP contribution < -0.4 is 10.6 Å². The molecule has 0 atom stereocenters. The Balaban J connectivity index is 1.31. The first-order chi connectivity index (χ1) is 19.0. The fourth-order valence-electron chi connectivity index (χ4n) is 3.44. The van der Waals surface area contributed by atoms with Gasteiger partial charge in [-0.2, -0.15) is 5.26 Å². The van der Waals surface area contributed by atoms with Gasteiger partial charge in [-0.15, -0.1) is 11.8 Å². The summed E-state index contributed by atoms with van der Waals surface area (Å²) in [4.78, 5) is 40.2. The minimum atomic E-state index is -0.665. The number of nitrogens with zero attached hydrogens (tertiary/aromatic N) is 1. The van der Waals surface area contributed by atoms with Crippen molar-refractivity contribution in [1.82, 2.24) is 0 Å². The van der Waals surface area contributed by atoms with Gasteiger partial charge >= 0.3 is 5.97 Å². The topological polar surface area (TPSA) is 108 Å². The number of para-hydroxylation sites is 1. The second kappa shape index (κ2) is 13.9. The predicted octanol–water partition coefficient (Wildman–Crippen LogP) is 6.24. The highest BCUT2D eigenvalue weighted by Crippen LogP contribution is 2.33. The van der Waals surface area contributed by atoms with Crippen LogP contribution in [-0.2, 0) is 14.3 Å². The molecule has 0 radical (unpaired) electrons. The minimum Gasteiger partial charge on any atom is -0.452 e. The number of hydrogen-bond donors (Lipinski definition) is 2. The molecule has 2 N–H and O–H groups in total. The number of thioether (sulfide) groups is 1. The molecule has 194 valence electrons. The SMILES string of the molecule is N#Cc1cccc(NC(=O)CSc2ccccc2C(=O)OCC(=O)Nc2ccccc2Sc2ccccc2)c1. The van der Waals surface area contributed by atoms with Crippen LogP contribution in [0, 0.1) is 11.3 Å². The quantitative estimate of drug-likeness (QED) is 0.177. The Labute approximate surface area is 234 Å². The molecule has 0 saturated carbocycles. The number of rotatable bonds is 10. The molecular formula is C30H23N3O4S2. The number of carbonyl (C=O) groups is 3. The lowest BCUT2D eigenvalue weighted by Crippen LogP contribution is -2.21. The van der Waals surface area contributed by atoms with Crippen molar-refractivity contribution in [3.63, 3.8) is 0 Å². The number of carbonyl (C=O) groups excluding carboxylic acids is 3. The van der Waals surface area contributed by atoms with Gasteiger partial charge in [0.1, 0.15) is 0 Å². The van der Waals surface area contributed by atoms with Crippen LogP contribution in [0.1, 0.15) is 15.9 Å². The van der Waals surface area contributed by atoms with Crippen LogP contribution in [0.25, 0.3) is 0 Å². The van der Waals surface area contributed by atoms with Gasteiger partial charge in [0, 0.05) is 20.4 Å².